The van der Waals surface area contributed by atoms with E-state index in [9.17, 15) is 14.0 Å². The highest BCUT2D eigenvalue weighted by Gasteiger charge is 2.10. The van der Waals surface area contributed by atoms with Crippen molar-refractivity contribution in [3.8, 4) is 11.5 Å². The summed E-state index contributed by atoms with van der Waals surface area (Å²) in [7, 11) is 0. The number of halogens is 1. The fraction of sp³-hybridized carbons (Fsp3) is 0.167. The maximum atomic E-state index is 13.0. The van der Waals surface area contributed by atoms with Crippen molar-refractivity contribution in [3.05, 3.63) is 95.3 Å². The summed E-state index contributed by atoms with van der Waals surface area (Å²) < 4.78 is 23.8. The Labute approximate surface area is 168 Å². The number of hydrogen-bond acceptors (Lipinski definition) is 4. The predicted octanol–water partition coefficient (Wildman–Crippen LogP) is 5.13. The molecule has 3 aromatic rings. The summed E-state index contributed by atoms with van der Waals surface area (Å²) in [5.41, 5.74) is 1.99. The Hall–Kier alpha value is -3.47. The number of hydrogen-bond donors (Lipinski definition) is 0. The van der Waals surface area contributed by atoms with Gasteiger partial charge in [-0.3, -0.25) is 9.59 Å². The van der Waals surface area contributed by atoms with E-state index >= 15 is 0 Å². The van der Waals surface area contributed by atoms with Crippen molar-refractivity contribution in [1.82, 2.24) is 0 Å². The number of carbonyl (C=O) groups is 2. The van der Waals surface area contributed by atoms with Crippen LogP contribution in [0.4, 0.5) is 4.39 Å². The van der Waals surface area contributed by atoms with Crippen LogP contribution in [0.15, 0.2) is 72.8 Å². The third-order valence-corrected chi connectivity index (χ3v) is 4.27. The number of esters is 1. The molecule has 0 N–H and O–H groups in total. The summed E-state index contributed by atoms with van der Waals surface area (Å²) in [4.78, 5) is 24.3. The van der Waals surface area contributed by atoms with Crippen LogP contribution < -0.4 is 9.47 Å². The smallest absolute Gasteiger partial charge is 0.311 e. The summed E-state index contributed by atoms with van der Waals surface area (Å²) in [5, 5.41) is 0. The zero-order chi connectivity index (χ0) is 20.6. The molecule has 29 heavy (non-hydrogen) atoms. The molecule has 0 aliphatic carbocycles. The molecular formula is C24H21FO4. The van der Waals surface area contributed by atoms with Crippen molar-refractivity contribution in [2.45, 2.75) is 19.8 Å². The molecule has 5 heteroatoms. The van der Waals surface area contributed by atoms with E-state index in [0.29, 0.717) is 29.9 Å². The molecule has 0 fully saturated rings. The van der Waals surface area contributed by atoms with E-state index in [1.807, 2.05) is 31.2 Å². The Morgan fingerprint density at radius 1 is 0.793 bits per heavy atom. The van der Waals surface area contributed by atoms with Gasteiger partial charge in [0.25, 0.3) is 0 Å². The van der Waals surface area contributed by atoms with Gasteiger partial charge >= 0.3 is 5.97 Å². The summed E-state index contributed by atoms with van der Waals surface area (Å²) >= 11 is 0. The lowest BCUT2D eigenvalue weighted by atomic mass is 10.0. The lowest BCUT2D eigenvalue weighted by Crippen LogP contribution is -2.10. The van der Waals surface area contributed by atoms with Gasteiger partial charge in [0.15, 0.2) is 5.78 Å². The standard InChI is InChI=1S/C24H21FO4/c1-17-4-12-21(13-5-17)28-16-2-3-23(26)29-22-14-8-19(9-15-22)24(27)18-6-10-20(25)11-7-18/h4-15H,2-3,16H2,1H3. The normalized spacial score (nSPS) is 10.4. The highest BCUT2D eigenvalue weighted by molar-refractivity contribution is 6.09. The van der Waals surface area contributed by atoms with Gasteiger partial charge in [0, 0.05) is 17.5 Å². The Morgan fingerprint density at radius 2 is 1.34 bits per heavy atom. The third kappa shape index (κ3) is 6.01. The molecular weight excluding hydrogens is 371 g/mol. The molecule has 3 rings (SSSR count). The molecule has 4 nitrogen and oxygen atoms in total. The Bertz CT molecular complexity index is 961. The fourth-order valence-corrected chi connectivity index (χ4v) is 2.67. The molecule has 0 saturated heterocycles. The first kappa shape index (κ1) is 20.3. The van der Waals surface area contributed by atoms with E-state index in [0.717, 1.165) is 11.3 Å². The van der Waals surface area contributed by atoms with Crippen LogP contribution in [0.5, 0.6) is 11.5 Å². The van der Waals surface area contributed by atoms with Crippen molar-refractivity contribution < 1.29 is 23.5 Å². The average Bonchev–Trinajstić information content (AvgIpc) is 2.73. The molecule has 0 aliphatic heterocycles. The minimum Gasteiger partial charge on any atom is -0.494 e. The van der Waals surface area contributed by atoms with Crippen LogP contribution in [0.2, 0.25) is 0 Å². The number of aryl methyl sites for hydroxylation is 1. The Kier molecular flexibility index (Phi) is 6.74. The van der Waals surface area contributed by atoms with E-state index in [1.54, 1.807) is 24.3 Å². The van der Waals surface area contributed by atoms with Gasteiger partial charge in [-0.25, -0.2) is 4.39 Å². The molecule has 0 saturated carbocycles. The van der Waals surface area contributed by atoms with E-state index < -0.39 is 5.82 Å². The quantitative estimate of drug-likeness (QED) is 0.231. The van der Waals surface area contributed by atoms with Gasteiger partial charge < -0.3 is 9.47 Å². The van der Waals surface area contributed by atoms with E-state index in [-0.39, 0.29) is 18.2 Å². The van der Waals surface area contributed by atoms with E-state index in [2.05, 4.69) is 0 Å². The number of ether oxygens (including phenoxy) is 2. The fourth-order valence-electron chi connectivity index (χ4n) is 2.67. The van der Waals surface area contributed by atoms with Crippen molar-refractivity contribution in [3.63, 3.8) is 0 Å². The predicted molar refractivity (Wildman–Crippen MR) is 108 cm³/mol. The minimum absolute atomic E-state index is 0.224. The monoisotopic (exact) mass is 392 g/mol. The van der Waals surface area contributed by atoms with Crippen LogP contribution in [-0.4, -0.2) is 18.4 Å². The maximum absolute atomic E-state index is 13.0. The molecule has 148 valence electrons. The zero-order valence-corrected chi connectivity index (χ0v) is 16.1. The highest BCUT2D eigenvalue weighted by Crippen LogP contribution is 2.17. The molecule has 3 aromatic carbocycles. The number of carbonyl (C=O) groups excluding carboxylic acids is 2. The van der Waals surface area contributed by atoms with Crippen molar-refractivity contribution in [1.29, 1.82) is 0 Å². The van der Waals surface area contributed by atoms with Crippen LogP contribution in [0.1, 0.15) is 34.3 Å². The Morgan fingerprint density at radius 3 is 1.97 bits per heavy atom. The summed E-state index contributed by atoms with van der Waals surface area (Å²) in [6, 6.07) is 19.4. The second-order valence-corrected chi connectivity index (χ2v) is 6.60. The molecule has 0 spiro atoms. The second-order valence-electron chi connectivity index (χ2n) is 6.60. The second kappa shape index (κ2) is 9.64. The van der Waals surface area contributed by atoms with Gasteiger partial charge in [-0.1, -0.05) is 17.7 Å². The zero-order valence-electron chi connectivity index (χ0n) is 16.1. The van der Waals surface area contributed by atoms with Crippen LogP contribution in [0.3, 0.4) is 0 Å². The SMILES string of the molecule is Cc1ccc(OCCCC(=O)Oc2ccc(C(=O)c3ccc(F)cc3)cc2)cc1. The van der Waals surface area contributed by atoms with Crippen LogP contribution >= 0.6 is 0 Å². The largest absolute Gasteiger partial charge is 0.494 e. The topological polar surface area (TPSA) is 52.6 Å². The molecule has 0 radical (unpaired) electrons. The molecule has 0 amide bonds. The lowest BCUT2D eigenvalue weighted by molar-refractivity contribution is -0.134. The molecule has 0 aromatic heterocycles. The summed E-state index contributed by atoms with van der Waals surface area (Å²) in [5.74, 6) is 0.148. The first-order valence-electron chi connectivity index (χ1n) is 9.32. The van der Waals surface area contributed by atoms with E-state index in [4.69, 9.17) is 9.47 Å². The van der Waals surface area contributed by atoms with Gasteiger partial charge in [0.05, 0.1) is 6.61 Å². The van der Waals surface area contributed by atoms with Crippen molar-refractivity contribution in [2.24, 2.45) is 0 Å². The molecule has 0 atom stereocenters. The first-order valence-corrected chi connectivity index (χ1v) is 9.32. The van der Waals surface area contributed by atoms with Crippen LogP contribution in [0.25, 0.3) is 0 Å². The molecule has 0 unspecified atom stereocenters. The van der Waals surface area contributed by atoms with Gasteiger partial charge in [0.2, 0.25) is 0 Å². The highest BCUT2D eigenvalue weighted by atomic mass is 19.1. The van der Waals surface area contributed by atoms with Gasteiger partial charge in [-0.15, -0.1) is 0 Å². The van der Waals surface area contributed by atoms with Crippen LogP contribution in [0, 0.1) is 12.7 Å². The number of ketones is 1. The van der Waals surface area contributed by atoms with Gasteiger partial charge in [-0.2, -0.15) is 0 Å². The molecule has 0 aliphatic rings. The van der Waals surface area contributed by atoms with Gasteiger partial charge in [0.1, 0.15) is 17.3 Å². The number of rotatable bonds is 8. The van der Waals surface area contributed by atoms with Crippen molar-refractivity contribution >= 4 is 11.8 Å². The minimum atomic E-state index is -0.395. The van der Waals surface area contributed by atoms with Gasteiger partial charge in [-0.05, 0) is 74.0 Å². The van der Waals surface area contributed by atoms with Crippen LogP contribution in [-0.2, 0) is 4.79 Å². The van der Waals surface area contributed by atoms with Crippen molar-refractivity contribution in [2.75, 3.05) is 6.61 Å². The maximum Gasteiger partial charge on any atom is 0.311 e. The number of benzene rings is 3. The summed E-state index contributed by atoms with van der Waals surface area (Å²) in [6.45, 7) is 2.42. The average molecular weight is 392 g/mol. The molecule has 0 heterocycles. The Balaban J connectivity index is 1.45. The molecule has 0 bridgehead atoms. The first-order chi connectivity index (χ1) is 14.0. The summed E-state index contributed by atoms with van der Waals surface area (Å²) in [6.07, 6.45) is 0.760. The van der Waals surface area contributed by atoms with E-state index in [1.165, 1.54) is 24.3 Å². The third-order valence-electron chi connectivity index (χ3n) is 4.27. The lowest BCUT2D eigenvalue weighted by Gasteiger charge is -2.07.